The molecule has 1 N–H and O–H groups in total. The summed E-state index contributed by atoms with van der Waals surface area (Å²) in [5, 5.41) is 12.0. The molecule has 0 aliphatic heterocycles. The number of nitrogens with zero attached hydrogens (tertiary/aromatic N) is 1. The van der Waals surface area contributed by atoms with Gasteiger partial charge >= 0.3 is 0 Å². The number of ether oxygens (including phenoxy) is 1. The molecular formula is C22H27NO2. The molecule has 0 heterocycles. The Labute approximate surface area is 150 Å². The molecule has 2 aromatic carbocycles. The average Bonchev–Trinajstić information content (AvgIpc) is 2.58. The smallest absolute Gasteiger partial charge is 0.126 e. The molecule has 0 fully saturated rings. The van der Waals surface area contributed by atoms with Crippen molar-refractivity contribution in [2.45, 2.75) is 51.9 Å². The Kier molecular flexibility index (Phi) is 4.59. The normalized spacial score (nSPS) is 19.0. The fourth-order valence-corrected chi connectivity index (χ4v) is 3.96. The summed E-state index contributed by atoms with van der Waals surface area (Å²) in [6.45, 7) is 9.16. The van der Waals surface area contributed by atoms with E-state index in [2.05, 4.69) is 45.0 Å². The standard InChI is InChI=1S/C22H27NO2/c1-14-8-9-22(3,4)20-12-17(15(2)10-18(14)20)19-11-16(13-23-24)6-7-21(19)25-5/h6-7,10-14,24H,8-9H2,1-5H3. The number of benzene rings is 2. The maximum Gasteiger partial charge on any atom is 0.126 e. The summed E-state index contributed by atoms with van der Waals surface area (Å²) in [7, 11) is 1.69. The van der Waals surface area contributed by atoms with Gasteiger partial charge in [-0.05, 0) is 83.2 Å². The number of hydrogen-bond acceptors (Lipinski definition) is 3. The summed E-state index contributed by atoms with van der Waals surface area (Å²) < 4.78 is 5.60. The molecule has 0 amide bonds. The molecule has 3 heteroatoms. The quantitative estimate of drug-likeness (QED) is 0.446. The molecule has 0 bridgehead atoms. The van der Waals surface area contributed by atoms with Crippen LogP contribution in [0.3, 0.4) is 0 Å². The van der Waals surface area contributed by atoms with Crippen molar-refractivity contribution in [1.29, 1.82) is 0 Å². The maximum atomic E-state index is 8.86. The lowest BCUT2D eigenvalue weighted by Gasteiger charge is -2.37. The number of fused-ring (bicyclic) bond motifs is 1. The second-order valence-corrected chi connectivity index (χ2v) is 7.78. The number of rotatable bonds is 3. The van der Waals surface area contributed by atoms with Crippen LogP contribution in [0.2, 0.25) is 0 Å². The number of methoxy groups -OCH3 is 1. The highest BCUT2D eigenvalue weighted by Crippen LogP contribution is 2.45. The van der Waals surface area contributed by atoms with E-state index in [0.717, 1.165) is 16.9 Å². The highest BCUT2D eigenvalue weighted by Gasteiger charge is 2.31. The predicted molar refractivity (Wildman–Crippen MR) is 103 cm³/mol. The minimum absolute atomic E-state index is 0.182. The zero-order valence-corrected chi connectivity index (χ0v) is 15.8. The molecule has 3 rings (SSSR count). The number of hydrogen-bond donors (Lipinski definition) is 1. The highest BCUT2D eigenvalue weighted by molar-refractivity contribution is 5.85. The molecule has 0 radical (unpaired) electrons. The van der Waals surface area contributed by atoms with Gasteiger partial charge in [0, 0.05) is 5.56 Å². The van der Waals surface area contributed by atoms with Crippen LogP contribution in [0.15, 0.2) is 35.5 Å². The lowest BCUT2D eigenvalue weighted by Crippen LogP contribution is -2.25. The fraction of sp³-hybridized carbons (Fsp3) is 0.409. The van der Waals surface area contributed by atoms with Gasteiger partial charge in [0.1, 0.15) is 5.75 Å². The van der Waals surface area contributed by atoms with Crippen molar-refractivity contribution in [2.75, 3.05) is 7.11 Å². The van der Waals surface area contributed by atoms with E-state index in [1.165, 1.54) is 41.3 Å². The molecule has 0 saturated heterocycles. The summed E-state index contributed by atoms with van der Waals surface area (Å²) in [6, 6.07) is 10.5. The lowest BCUT2D eigenvalue weighted by atomic mass is 9.68. The van der Waals surface area contributed by atoms with E-state index in [9.17, 15) is 0 Å². The molecular weight excluding hydrogens is 310 g/mol. The van der Waals surface area contributed by atoms with E-state index in [4.69, 9.17) is 9.94 Å². The Morgan fingerprint density at radius 1 is 1.20 bits per heavy atom. The van der Waals surface area contributed by atoms with Crippen LogP contribution in [-0.2, 0) is 5.41 Å². The summed E-state index contributed by atoms with van der Waals surface area (Å²) in [5.74, 6) is 1.44. The van der Waals surface area contributed by atoms with Crippen LogP contribution in [0.25, 0.3) is 11.1 Å². The maximum absolute atomic E-state index is 8.86. The summed E-state index contributed by atoms with van der Waals surface area (Å²) in [6.07, 6.45) is 3.89. The third-order valence-electron chi connectivity index (χ3n) is 5.58. The Morgan fingerprint density at radius 3 is 2.64 bits per heavy atom. The van der Waals surface area contributed by atoms with Gasteiger partial charge in [0.25, 0.3) is 0 Å². The molecule has 1 aliphatic rings. The van der Waals surface area contributed by atoms with Crippen LogP contribution in [0, 0.1) is 6.92 Å². The van der Waals surface area contributed by atoms with Gasteiger partial charge < -0.3 is 9.94 Å². The monoisotopic (exact) mass is 337 g/mol. The Morgan fingerprint density at radius 2 is 1.96 bits per heavy atom. The first-order chi connectivity index (χ1) is 11.9. The van der Waals surface area contributed by atoms with Crippen molar-refractivity contribution in [3.8, 4) is 16.9 Å². The molecule has 25 heavy (non-hydrogen) atoms. The summed E-state index contributed by atoms with van der Waals surface area (Å²) in [5.41, 5.74) is 7.42. The van der Waals surface area contributed by atoms with Crippen molar-refractivity contribution in [2.24, 2.45) is 5.16 Å². The van der Waals surface area contributed by atoms with E-state index in [0.29, 0.717) is 5.92 Å². The van der Waals surface area contributed by atoms with Crippen LogP contribution in [0.5, 0.6) is 5.75 Å². The van der Waals surface area contributed by atoms with Gasteiger partial charge in [0.05, 0.1) is 13.3 Å². The predicted octanol–water partition coefficient (Wildman–Crippen LogP) is 5.65. The van der Waals surface area contributed by atoms with Crippen molar-refractivity contribution in [3.63, 3.8) is 0 Å². The van der Waals surface area contributed by atoms with E-state index in [1.54, 1.807) is 7.11 Å². The van der Waals surface area contributed by atoms with Crippen molar-refractivity contribution in [3.05, 3.63) is 52.6 Å². The molecule has 1 atom stereocenters. The second kappa shape index (κ2) is 6.55. The van der Waals surface area contributed by atoms with Gasteiger partial charge in [-0.1, -0.05) is 32.0 Å². The summed E-state index contributed by atoms with van der Waals surface area (Å²) >= 11 is 0. The van der Waals surface area contributed by atoms with Crippen LogP contribution < -0.4 is 4.74 Å². The van der Waals surface area contributed by atoms with E-state index >= 15 is 0 Å². The van der Waals surface area contributed by atoms with E-state index in [-0.39, 0.29) is 5.41 Å². The fourth-order valence-electron chi connectivity index (χ4n) is 3.96. The largest absolute Gasteiger partial charge is 0.496 e. The second-order valence-electron chi connectivity index (χ2n) is 7.78. The van der Waals surface area contributed by atoms with Crippen LogP contribution in [0.1, 0.15) is 61.8 Å². The lowest BCUT2D eigenvalue weighted by molar-refractivity contribution is 0.322. The van der Waals surface area contributed by atoms with Gasteiger partial charge in [0.15, 0.2) is 0 Å². The minimum atomic E-state index is 0.182. The van der Waals surface area contributed by atoms with E-state index in [1.807, 2.05) is 18.2 Å². The van der Waals surface area contributed by atoms with Crippen LogP contribution in [0.4, 0.5) is 0 Å². The number of oxime groups is 1. The third kappa shape index (κ3) is 3.15. The zero-order valence-electron chi connectivity index (χ0n) is 15.8. The first-order valence-electron chi connectivity index (χ1n) is 8.88. The van der Waals surface area contributed by atoms with Gasteiger partial charge in [-0.15, -0.1) is 0 Å². The van der Waals surface area contributed by atoms with Crippen LogP contribution in [-0.4, -0.2) is 18.5 Å². The van der Waals surface area contributed by atoms with Gasteiger partial charge in [-0.25, -0.2) is 0 Å². The first kappa shape index (κ1) is 17.5. The van der Waals surface area contributed by atoms with Gasteiger partial charge in [-0.2, -0.15) is 0 Å². The van der Waals surface area contributed by atoms with Crippen molar-refractivity contribution in [1.82, 2.24) is 0 Å². The Hall–Kier alpha value is -2.29. The summed E-state index contributed by atoms with van der Waals surface area (Å²) in [4.78, 5) is 0. The van der Waals surface area contributed by atoms with Gasteiger partial charge in [-0.3, -0.25) is 0 Å². The van der Waals surface area contributed by atoms with Crippen LogP contribution >= 0.6 is 0 Å². The molecule has 0 spiro atoms. The number of aryl methyl sites for hydroxylation is 1. The average molecular weight is 337 g/mol. The highest BCUT2D eigenvalue weighted by atomic mass is 16.5. The SMILES string of the molecule is COc1ccc(C=NO)cc1-c1cc2c(cc1C)C(C)CCC2(C)C. The van der Waals surface area contributed by atoms with E-state index < -0.39 is 0 Å². The van der Waals surface area contributed by atoms with Crippen molar-refractivity contribution >= 4 is 6.21 Å². The Bertz CT molecular complexity index is 821. The van der Waals surface area contributed by atoms with Crippen molar-refractivity contribution < 1.29 is 9.94 Å². The first-order valence-corrected chi connectivity index (χ1v) is 8.88. The molecule has 2 aromatic rings. The minimum Gasteiger partial charge on any atom is -0.496 e. The Balaban J connectivity index is 2.23. The molecule has 0 aromatic heterocycles. The molecule has 3 nitrogen and oxygen atoms in total. The molecule has 132 valence electrons. The molecule has 1 aliphatic carbocycles. The topological polar surface area (TPSA) is 41.8 Å². The molecule has 0 saturated carbocycles. The van der Waals surface area contributed by atoms with Gasteiger partial charge in [0.2, 0.25) is 0 Å². The zero-order chi connectivity index (χ0) is 18.2. The molecule has 1 unspecified atom stereocenters. The third-order valence-corrected chi connectivity index (χ3v) is 5.58.